The van der Waals surface area contributed by atoms with E-state index >= 15 is 0 Å². The zero-order chi connectivity index (χ0) is 16.6. The summed E-state index contributed by atoms with van der Waals surface area (Å²) < 4.78 is 20.4. The number of aliphatic hydroxyl groups is 1. The zero-order valence-electron chi connectivity index (χ0n) is 12.7. The first-order chi connectivity index (χ1) is 11.0. The minimum absolute atomic E-state index is 0.144. The third-order valence-corrected chi connectivity index (χ3v) is 3.76. The maximum absolute atomic E-state index is 13.6. The van der Waals surface area contributed by atoms with E-state index < -0.39 is 12.4 Å². The second kappa shape index (κ2) is 5.81. The molecule has 1 heterocycles. The third kappa shape index (κ3) is 2.57. The van der Waals surface area contributed by atoms with Gasteiger partial charge in [0, 0.05) is 18.2 Å². The number of imidazole rings is 1. The van der Waals surface area contributed by atoms with Crippen molar-refractivity contribution in [3.8, 4) is 17.1 Å². The predicted octanol–water partition coefficient (Wildman–Crippen LogP) is 2.56. The SMILES string of the molecule is COc1cc(-c2nc3cc(C(=O)CO)ccc3n2C)ccc1F. The average Bonchev–Trinajstić information content (AvgIpc) is 2.91. The highest BCUT2D eigenvalue weighted by atomic mass is 19.1. The number of benzene rings is 2. The second-order valence-electron chi connectivity index (χ2n) is 5.13. The van der Waals surface area contributed by atoms with Gasteiger partial charge in [-0.15, -0.1) is 0 Å². The van der Waals surface area contributed by atoms with Crippen molar-refractivity contribution in [1.82, 2.24) is 9.55 Å². The van der Waals surface area contributed by atoms with E-state index in [1.807, 2.05) is 11.6 Å². The molecule has 0 saturated carbocycles. The highest BCUT2D eigenvalue weighted by molar-refractivity contribution is 6.00. The molecule has 6 heteroatoms. The monoisotopic (exact) mass is 314 g/mol. The van der Waals surface area contributed by atoms with Crippen LogP contribution >= 0.6 is 0 Å². The van der Waals surface area contributed by atoms with Gasteiger partial charge < -0.3 is 14.4 Å². The Morgan fingerprint density at radius 1 is 1.30 bits per heavy atom. The van der Waals surface area contributed by atoms with Crippen molar-refractivity contribution >= 4 is 16.8 Å². The van der Waals surface area contributed by atoms with Crippen molar-refractivity contribution in [3.63, 3.8) is 0 Å². The summed E-state index contributed by atoms with van der Waals surface area (Å²) in [6.45, 7) is -0.541. The third-order valence-electron chi connectivity index (χ3n) is 3.76. The first kappa shape index (κ1) is 15.2. The van der Waals surface area contributed by atoms with E-state index in [4.69, 9.17) is 9.84 Å². The Labute approximate surface area is 132 Å². The molecule has 0 aliphatic carbocycles. The summed E-state index contributed by atoms with van der Waals surface area (Å²) in [4.78, 5) is 16.1. The van der Waals surface area contributed by atoms with E-state index in [9.17, 15) is 9.18 Å². The molecule has 0 saturated heterocycles. The summed E-state index contributed by atoms with van der Waals surface area (Å²) in [5.74, 6) is -0.0222. The topological polar surface area (TPSA) is 64.3 Å². The lowest BCUT2D eigenvalue weighted by atomic mass is 10.1. The van der Waals surface area contributed by atoms with Gasteiger partial charge in [-0.05, 0) is 36.4 Å². The van der Waals surface area contributed by atoms with Crippen LogP contribution in [-0.2, 0) is 7.05 Å². The number of hydrogen-bond donors (Lipinski definition) is 1. The van der Waals surface area contributed by atoms with Gasteiger partial charge in [0.15, 0.2) is 17.3 Å². The molecule has 1 N–H and O–H groups in total. The van der Waals surface area contributed by atoms with Crippen LogP contribution in [0.15, 0.2) is 36.4 Å². The fourth-order valence-electron chi connectivity index (χ4n) is 2.52. The van der Waals surface area contributed by atoms with Crippen LogP contribution in [0.2, 0.25) is 0 Å². The fourth-order valence-corrected chi connectivity index (χ4v) is 2.52. The van der Waals surface area contributed by atoms with Crippen molar-refractivity contribution in [2.75, 3.05) is 13.7 Å². The molecule has 1 aromatic heterocycles. The number of fused-ring (bicyclic) bond motifs is 1. The van der Waals surface area contributed by atoms with E-state index in [1.54, 1.807) is 30.3 Å². The van der Waals surface area contributed by atoms with Gasteiger partial charge in [-0.25, -0.2) is 9.37 Å². The number of methoxy groups -OCH3 is 1. The zero-order valence-corrected chi connectivity index (χ0v) is 12.7. The van der Waals surface area contributed by atoms with Crippen LogP contribution < -0.4 is 4.74 Å². The van der Waals surface area contributed by atoms with Crippen LogP contribution in [0.4, 0.5) is 4.39 Å². The molecule has 0 radical (unpaired) electrons. The Morgan fingerprint density at radius 2 is 2.09 bits per heavy atom. The highest BCUT2D eigenvalue weighted by Crippen LogP contribution is 2.28. The molecule has 3 rings (SSSR count). The van der Waals surface area contributed by atoms with Crippen LogP contribution in [0, 0.1) is 5.82 Å². The molecular formula is C17H15FN2O3. The van der Waals surface area contributed by atoms with Crippen LogP contribution in [0.1, 0.15) is 10.4 Å². The lowest BCUT2D eigenvalue weighted by Gasteiger charge is -2.06. The Morgan fingerprint density at radius 3 is 2.78 bits per heavy atom. The minimum Gasteiger partial charge on any atom is -0.494 e. The molecular weight excluding hydrogens is 299 g/mol. The van der Waals surface area contributed by atoms with Crippen LogP contribution in [0.25, 0.3) is 22.4 Å². The summed E-state index contributed by atoms with van der Waals surface area (Å²) in [7, 11) is 3.25. The number of aryl methyl sites for hydroxylation is 1. The number of hydrogen-bond acceptors (Lipinski definition) is 4. The largest absolute Gasteiger partial charge is 0.494 e. The smallest absolute Gasteiger partial charge is 0.188 e. The van der Waals surface area contributed by atoms with Crippen molar-refractivity contribution in [1.29, 1.82) is 0 Å². The predicted molar refractivity (Wildman–Crippen MR) is 84.1 cm³/mol. The second-order valence-corrected chi connectivity index (χ2v) is 5.13. The number of rotatable bonds is 4. The number of carbonyl (C=O) groups is 1. The summed E-state index contributed by atoms with van der Waals surface area (Å²) in [6.07, 6.45) is 0. The van der Waals surface area contributed by atoms with Gasteiger partial charge in [-0.2, -0.15) is 0 Å². The number of ether oxygens (including phenoxy) is 1. The average molecular weight is 314 g/mol. The Kier molecular flexibility index (Phi) is 3.83. The molecule has 2 aromatic carbocycles. The number of nitrogens with zero attached hydrogens (tertiary/aromatic N) is 2. The number of carbonyl (C=O) groups excluding carboxylic acids is 1. The van der Waals surface area contributed by atoms with Gasteiger partial charge in [0.25, 0.3) is 0 Å². The van der Waals surface area contributed by atoms with Crippen molar-refractivity contribution in [2.24, 2.45) is 7.05 Å². The molecule has 0 amide bonds. The van der Waals surface area contributed by atoms with Gasteiger partial charge in [-0.3, -0.25) is 4.79 Å². The van der Waals surface area contributed by atoms with Crippen LogP contribution in [0.5, 0.6) is 5.75 Å². The van der Waals surface area contributed by atoms with Gasteiger partial charge in [0.2, 0.25) is 0 Å². The lowest BCUT2D eigenvalue weighted by molar-refractivity contribution is 0.0904. The van der Waals surface area contributed by atoms with Gasteiger partial charge in [0.1, 0.15) is 12.4 Å². The molecule has 0 bridgehead atoms. The maximum Gasteiger partial charge on any atom is 0.188 e. The van der Waals surface area contributed by atoms with Crippen molar-refractivity contribution < 1.29 is 19.0 Å². The first-order valence-corrected chi connectivity index (χ1v) is 6.99. The molecule has 0 fully saturated rings. The number of halogens is 1. The summed E-state index contributed by atoms with van der Waals surface area (Å²) in [5, 5.41) is 8.96. The Bertz CT molecular complexity index is 902. The molecule has 5 nitrogen and oxygen atoms in total. The van der Waals surface area contributed by atoms with E-state index in [2.05, 4.69) is 4.98 Å². The molecule has 0 aliphatic rings. The van der Waals surface area contributed by atoms with Gasteiger partial charge in [0.05, 0.1) is 18.1 Å². The number of aromatic nitrogens is 2. The van der Waals surface area contributed by atoms with Gasteiger partial charge in [-0.1, -0.05) is 0 Å². The van der Waals surface area contributed by atoms with E-state index in [-0.39, 0.29) is 11.5 Å². The standard InChI is InChI=1S/C17H15FN2O3/c1-20-14-6-4-10(15(22)9-21)7-13(14)19-17(20)11-3-5-12(18)16(8-11)23-2/h3-8,21H,9H2,1-2H3. The summed E-state index contributed by atoms with van der Waals surface area (Å²) >= 11 is 0. The van der Waals surface area contributed by atoms with Crippen LogP contribution in [0.3, 0.4) is 0 Å². The van der Waals surface area contributed by atoms with Crippen molar-refractivity contribution in [2.45, 2.75) is 0 Å². The normalized spacial score (nSPS) is 11.0. The lowest BCUT2D eigenvalue weighted by Crippen LogP contribution is -2.03. The Balaban J connectivity index is 2.15. The maximum atomic E-state index is 13.6. The number of ketones is 1. The Hall–Kier alpha value is -2.73. The molecule has 0 spiro atoms. The number of aliphatic hydroxyl groups excluding tert-OH is 1. The van der Waals surface area contributed by atoms with Crippen molar-refractivity contribution in [3.05, 3.63) is 47.8 Å². The number of Topliss-reactive ketones (excluding diaryl/α,β-unsaturated/α-hetero) is 1. The quantitative estimate of drug-likeness (QED) is 0.752. The highest BCUT2D eigenvalue weighted by Gasteiger charge is 2.14. The summed E-state index contributed by atoms with van der Waals surface area (Å²) in [6, 6.07) is 9.59. The molecule has 118 valence electrons. The molecule has 0 atom stereocenters. The molecule has 0 aliphatic heterocycles. The van der Waals surface area contributed by atoms with E-state index in [0.717, 1.165) is 5.52 Å². The molecule has 0 unspecified atom stereocenters. The van der Waals surface area contributed by atoms with Crippen LogP contribution in [-0.4, -0.2) is 34.2 Å². The molecule has 3 aromatic rings. The van der Waals surface area contributed by atoms with E-state index in [0.29, 0.717) is 22.5 Å². The minimum atomic E-state index is -0.541. The first-order valence-electron chi connectivity index (χ1n) is 6.99. The van der Waals surface area contributed by atoms with E-state index in [1.165, 1.54) is 13.2 Å². The van der Waals surface area contributed by atoms with Gasteiger partial charge >= 0.3 is 0 Å². The summed E-state index contributed by atoms with van der Waals surface area (Å²) in [5.41, 5.74) is 2.57. The fraction of sp³-hybridized carbons (Fsp3) is 0.176. The molecule has 23 heavy (non-hydrogen) atoms.